The second-order valence-electron chi connectivity index (χ2n) is 5.87. The number of benzene rings is 1. The quantitative estimate of drug-likeness (QED) is 0.668. The molecule has 0 saturated heterocycles. The maximum absolute atomic E-state index is 12.1. The molecule has 1 amide bonds. The first-order valence-corrected chi connectivity index (χ1v) is 8.21. The van der Waals surface area contributed by atoms with Crippen molar-refractivity contribution in [1.29, 1.82) is 0 Å². The first-order valence-electron chi connectivity index (χ1n) is 7.81. The van der Waals surface area contributed by atoms with Crippen LogP contribution in [-0.2, 0) is 6.54 Å². The summed E-state index contributed by atoms with van der Waals surface area (Å²) in [6.45, 7) is 0.681. The number of carbonyl (C=O) groups is 1. The lowest BCUT2D eigenvalue weighted by atomic mass is 9.97. The Balaban J connectivity index is 2.05. The Morgan fingerprint density at radius 2 is 2.17 bits per heavy atom. The van der Waals surface area contributed by atoms with E-state index in [9.17, 15) is 9.59 Å². The largest absolute Gasteiger partial charge is 0.366 e. The molecule has 0 fully saturated rings. The van der Waals surface area contributed by atoms with Crippen LogP contribution in [0.5, 0.6) is 0 Å². The van der Waals surface area contributed by atoms with Gasteiger partial charge in [0, 0.05) is 12.1 Å². The number of hydrogen-bond acceptors (Lipinski definition) is 3. The zero-order valence-corrected chi connectivity index (χ0v) is 13.6. The molecule has 3 N–H and O–H groups in total. The Labute approximate surface area is 138 Å². The Kier molecular flexibility index (Phi) is 4.43. The molecule has 6 heteroatoms. The van der Waals surface area contributed by atoms with E-state index in [1.807, 2.05) is 4.57 Å². The normalized spacial score (nSPS) is 14.7. The number of rotatable bonds is 4. The van der Waals surface area contributed by atoms with Crippen molar-refractivity contribution >= 4 is 29.0 Å². The fourth-order valence-electron chi connectivity index (χ4n) is 3.05. The van der Waals surface area contributed by atoms with Gasteiger partial charge in [0.1, 0.15) is 0 Å². The predicted octanol–water partition coefficient (Wildman–Crippen LogP) is 3.05. The number of aromatic nitrogens is 2. The van der Waals surface area contributed by atoms with Gasteiger partial charge in [-0.1, -0.05) is 11.6 Å². The molecule has 0 bridgehead atoms. The molecule has 23 heavy (non-hydrogen) atoms. The minimum Gasteiger partial charge on any atom is -0.366 e. The van der Waals surface area contributed by atoms with Crippen LogP contribution in [0.3, 0.4) is 0 Å². The van der Waals surface area contributed by atoms with Crippen molar-refractivity contribution in [2.24, 2.45) is 5.73 Å². The summed E-state index contributed by atoms with van der Waals surface area (Å²) in [7, 11) is 0. The summed E-state index contributed by atoms with van der Waals surface area (Å²) in [4.78, 5) is 26.2. The summed E-state index contributed by atoms with van der Waals surface area (Å²) < 4.78 is 2.26. The number of aromatic amines is 1. The second-order valence-corrected chi connectivity index (χ2v) is 6.25. The van der Waals surface area contributed by atoms with E-state index in [2.05, 4.69) is 11.1 Å². The molecule has 1 aliphatic carbocycles. The summed E-state index contributed by atoms with van der Waals surface area (Å²) in [6, 6.07) is 4.84. The van der Waals surface area contributed by atoms with Crippen LogP contribution in [0.15, 0.2) is 34.6 Å². The SMILES string of the molecule is NC(=O)c1ccc2c(=O)[nH]c(=S)n(CCC3=CCCCC3)c2c1. The van der Waals surface area contributed by atoms with Crippen molar-refractivity contribution in [3.63, 3.8) is 0 Å². The van der Waals surface area contributed by atoms with Crippen molar-refractivity contribution in [1.82, 2.24) is 9.55 Å². The minimum absolute atomic E-state index is 0.242. The van der Waals surface area contributed by atoms with E-state index in [4.69, 9.17) is 18.0 Å². The molecule has 0 radical (unpaired) electrons. The molecule has 0 saturated carbocycles. The van der Waals surface area contributed by atoms with Gasteiger partial charge >= 0.3 is 0 Å². The van der Waals surface area contributed by atoms with Gasteiger partial charge < -0.3 is 10.3 Å². The number of allylic oxidation sites excluding steroid dienone is 2. The monoisotopic (exact) mass is 329 g/mol. The lowest BCUT2D eigenvalue weighted by molar-refractivity contribution is 0.100. The van der Waals surface area contributed by atoms with Crippen molar-refractivity contribution < 1.29 is 4.79 Å². The van der Waals surface area contributed by atoms with Crippen molar-refractivity contribution in [3.8, 4) is 0 Å². The van der Waals surface area contributed by atoms with Crippen LogP contribution < -0.4 is 11.3 Å². The molecular weight excluding hydrogens is 310 g/mol. The topological polar surface area (TPSA) is 80.9 Å². The molecule has 1 aromatic heterocycles. The highest BCUT2D eigenvalue weighted by atomic mass is 32.1. The zero-order chi connectivity index (χ0) is 16.4. The van der Waals surface area contributed by atoms with Crippen LogP contribution >= 0.6 is 12.2 Å². The highest BCUT2D eigenvalue weighted by Gasteiger charge is 2.10. The second kappa shape index (κ2) is 6.50. The van der Waals surface area contributed by atoms with Crippen LogP contribution in [0.4, 0.5) is 0 Å². The maximum atomic E-state index is 12.1. The third-order valence-corrected chi connectivity index (χ3v) is 4.65. The molecular formula is C17H19N3O2S. The number of H-pyrrole nitrogens is 1. The van der Waals surface area contributed by atoms with E-state index >= 15 is 0 Å². The number of hydrogen-bond donors (Lipinski definition) is 2. The molecule has 1 aliphatic rings. The fourth-order valence-corrected chi connectivity index (χ4v) is 3.33. The minimum atomic E-state index is -0.514. The number of amides is 1. The van der Waals surface area contributed by atoms with Gasteiger partial charge in [-0.05, 0) is 62.5 Å². The summed E-state index contributed by atoms with van der Waals surface area (Å²) in [5.41, 5.74) is 7.58. The Morgan fingerprint density at radius 3 is 2.87 bits per heavy atom. The Hall–Kier alpha value is -2.21. The van der Waals surface area contributed by atoms with Gasteiger partial charge in [-0.3, -0.25) is 14.6 Å². The number of nitrogens with one attached hydrogen (secondary N) is 1. The summed E-state index contributed by atoms with van der Waals surface area (Å²) in [5, 5.41) is 0.515. The maximum Gasteiger partial charge on any atom is 0.259 e. The number of nitrogens with two attached hydrogens (primary N) is 1. The average Bonchev–Trinajstić information content (AvgIpc) is 2.55. The molecule has 120 valence electrons. The summed E-state index contributed by atoms with van der Waals surface area (Å²) >= 11 is 5.31. The smallest absolute Gasteiger partial charge is 0.259 e. The molecule has 5 nitrogen and oxygen atoms in total. The van der Waals surface area contributed by atoms with E-state index in [-0.39, 0.29) is 5.56 Å². The average molecular weight is 329 g/mol. The van der Waals surface area contributed by atoms with Crippen LogP contribution in [0.25, 0.3) is 10.9 Å². The summed E-state index contributed by atoms with van der Waals surface area (Å²) in [5.74, 6) is -0.514. The van der Waals surface area contributed by atoms with E-state index in [0.717, 1.165) is 19.3 Å². The number of aryl methyl sites for hydroxylation is 1. The van der Waals surface area contributed by atoms with Gasteiger partial charge in [-0.25, -0.2) is 0 Å². The highest BCUT2D eigenvalue weighted by Crippen LogP contribution is 2.22. The van der Waals surface area contributed by atoms with Gasteiger partial charge in [-0.15, -0.1) is 0 Å². The molecule has 2 aromatic rings. The van der Waals surface area contributed by atoms with Gasteiger partial charge in [-0.2, -0.15) is 0 Å². The fraction of sp³-hybridized carbons (Fsp3) is 0.353. The number of primary amides is 1. The number of nitrogens with zero attached hydrogens (tertiary/aromatic N) is 1. The van der Waals surface area contributed by atoms with Crippen LogP contribution in [0.1, 0.15) is 42.5 Å². The molecule has 0 unspecified atom stereocenters. The van der Waals surface area contributed by atoms with Gasteiger partial charge in [0.25, 0.3) is 5.56 Å². The first kappa shape index (κ1) is 15.7. The zero-order valence-electron chi connectivity index (χ0n) is 12.8. The Bertz CT molecular complexity index is 908. The third-order valence-electron chi connectivity index (χ3n) is 4.32. The molecule has 0 aliphatic heterocycles. The lowest BCUT2D eigenvalue weighted by Gasteiger charge is -2.15. The van der Waals surface area contributed by atoms with E-state index in [0.29, 0.717) is 27.8 Å². The van der Waals surface area contributed by atoms with E-state index < -0.39 is 5.91 Å². The van der Waals surface area contributed by atoms with Gasteiger partial charge in [0.2, 0.25) is 5.91 Å². The predicted molar refractivity (Wildman–Crippen MR) is 93.1 cm³/mol. The summed E-state index contributed by atoms with van der Waals surface area (Å²) in [6.07, 6.45) is 7.95. The molecule has 3 rings (SSSR count). The van der Waals surface area contributed by atoms with Gasteiger partial charge in [0.05, 0.1) is 10.9 Å². The molecule has 1 heterocycles. The van der Waals surface area contributed by atoms with Crippen LogP contribution in [0, 0.1) is 4.77 Å². The highest BCUT2D eigenvalue weighted by molar-refractivity contribution is 7.71. The molecule has 1 aromatic carbocycles. The van der Waals surface area contributed by atoms with E-state index in [1.165, 1.54) is 18.4 Å². The lowest BCUT2D eigenvalue weighted by Crippen LogP contribution is -2.17. The Morgan fingerprint density at radius 1 is 1.35 bits per heavy atom. The standard InChI is InChI=1S/C17H19N3O2S/c18-15(21)12-6-7-13-14(10-12)20(17(23)19-16(13)22)9-8-11-4-2-1-3-5-11/h4,6-7,10H,1-3,5,8-9H2,(H2,18,21)(H,19,22,23). The van der Waals surface area contributed by atoms with Crippen molar-refractivity contribution in [2.75, 3.05) is 0 Å². The van der Waals surface area contributed by atoms with Crippen molar-refractivity contribution in [2.45, 2.75) is 38.6 Å². The van der Waals surface area contributed by atoms with Crippen LogP contribution in [0.2, 0.25) is 0 Å². The molecule has 0 atom stereocenters. The third kappa shape index (κ3) is 3.27. The number of carbonyl (C=O) groups excluding carboxylic acids is 1. The van der Waals surface area contributed by atoms with Crippen LogP contribution in [-0.4, -0.2) is 15.5 Å². The molecule has 0 spiro atoms. The van der Waals surface area contributed by atoms with E-state index in [1.54, 1.807) is 18.2 Å². The number of fused-ring (bicyclic) bond motifs is 1. The van der Waals surface area contributed by atoms with Gasteiger partial charge in [0.15, 0.2) is 4.77 Å². The first-order chi connectivity index (χ1) is 11.1. The van der Waals surface area contributed by atoms with Crippen molar-refractivity contribution in [3.05, 3.63) is 50.5 Å².